The molecule has 130 valence electrons. The molecule has 0 amide bonds. The molecule has 3 aliphatic rings. The molecule has 24 heavy (non-hydrogen) atoms. The molecule has 2 saturated heterocycles. The molecule has 2 aliphatic heterocycles. The molecule has 0 spiro atoms. The highest BCUT2D eigenvalue weighted by atomic mass is 16.4. The molecule has 4 rings (SSSR count). The predicted molar refractivity (Wildman–Crippen MR) is 90.7 cm³/mol. The maximum absolute atomic E-state index is 12.2. The monoisotopic (exact) mass is 331 g/mol. The van der Waals surface area contributed by atoms with Gasteiger partial charge in [-0.25, -0.2) is 4.98 Å². The minimum Gasteiger partial charge on any atom is -0.481 e. The minimum absolute atomic E-state index is 0.146. The van der Waals surface area contributed by atoms with Crippen molar-refractivity contribution in [2.24, 2.45) is 11.3 Å². The van der Waals surface area contributed by atoms with Crippen LogP contribution in [0.5, 0.6) is 0 Å². The highest BCUT2D eigenvalue weighted by Crippen LogP contribution is 2.45. The number of nitrogen functional groups attached to an aromatic ring is 1. The maximum Gasteiger partial charge on any atom is 0.313 e. The quantitative estimate of drug-likeness (QED) is 0.859. The van der Waals surface area contributed by atoms with Crippen LogP contribution in [0.25, 0.3) is 0 Å². The van der Waals surface area contributed by atoms with Gasteiger partial charge in [-0.15, -0.1) is 0 Å². The van der Waals surface area contributed by atoms with E-state index >= 15 is 0 Å². The predicted octanol–water partition coefficient (Wildman–Crippen LogP) is 1.21. The lowest BCUT2D eigenvalue weighted by molar-refractivity contribution is -0.148. The van der Waals surface area contributed by atoms with Gasteiger partial charge >= 0.3 is 5.97 Å². The normalized spacial score (nSPS) is 31.3. The van der Waals surface area contributed by atoms with E-state index in [4.69, 9.17) is 5.73 Å². The van der Waals surface area contributed by atoms with E-state index in [2.05, 4.69) is 19.8 Å². The van der Waals surface area contributed by atoms with Crippen LogP contribution in [0.4, 0.5) is 11.8 Å². The van der Waals surface area contributed by atoms with Crippen LogP contribution in [0.1, 0.15) is 32.1 Å². The summed E-state index contributed by atoms with van der Waals surface area (Å²) in [6.07, 6.45) is 7.94. The van der Waals surface area contributed by atoms with Gasteiger partial charge in [0.1, 0.15) is 11.2 Å². The Balaban J connectivity index is 1.54. The van der Waals surface area contributed by atoms with Crippen LogP contribution in [0, 0.1) is 11.3 Å². The average Bonchev–Trinajstić information content (AvgIpc) is 3.11. The second kappa shape index (κ2) is 5.88. The Morgan fingerprint density at radius 2 is 2.04 bits per heavy atom. The summed E-state index contributed by atoms with van der Waals surface area (Å²) < 4.78 is 0. The van der Waals surface area contributed by atoms with Gasteiger partial charge in [0.2, 0.25) is 5.95 Å². The number of hydrogen-bond acceptors (Lipinski definition) is 6. The molecule has 3 heterocycles. The summed E-state index contributed by atoms with van der Waals surface area (Å²) in [6, 6.07) is 2.38. The number of aliphatic carboxylic acids is 1. The van der Waals surface area contributed by atoms with E-state index in [-0.39, 0.29) is 11.9 Å². The smallest absolute Gasteiger partial charge is 0.313 e. The molecule has 7 heteroatoms. The molecule has 1 saturated carbocycles. The van der Waals surface area contributed by atoms with Gasteiger partial charge in [0.05, 0.1) is 0 Å². The summed E-state index contributed by atoms with van der Waals surface area (Å²) in [7, 11) is 0. The van der Waals surface area contributed by atoms with Gasteiger partial charge in [0.15, 0.2) is 0 Å². The second-order valence-corrected chi connectivity index (χ2v) is 7.53. The number of likely N-dealkylation sites (tertiary alicyclic amines) is 1. The third-order valence-electron chi connectivity index (χ3n) is 6.14. The fourth-order valence-electron chi connectivity index (χ4n) is 4.85. The van der Waals surface area contributed by atoms with E-state index in [1.54, 1.807) is 6.20 Å². The Hall–Kier alpha value is -1.89. The van der Waals surface area contributed by atoms with Gasteiger partial charge in [-0.2, -0.15) is 4.98 Å². The summed E-state index contributed by atoms with van der Waals surface area (Å²) in [5, 5.41) is 10.00. The minimum atomic E-state index is -0.683. The van der Waals surface area contributed by atoms with Crippen LogP contribution in [0.15, 0.2) is 12.3 Å². The third-order valence-corrected chi connectivity index (χ3v) is 6.14. The zero-order valence-electron chi connectivity index (χ0n) is 13.9. The topological polar surface area (TPSA) is 95.6 Å². The first-order valence-corrected chi connectivity index (χ1v) is 8.89. The van der Waals surface area contributed by atoms with Crippen LogP contribution in [0.3, 0.4) is 0 Å². The highest BCUT2D eigenvalue weighted by Gasteiger charge is 2.58. The van der Waals surface area contributed by atoms with Crippen molar-refractivity contribution < 1.29 is 9.90 Å². The van der Waals surface area contributed by atoms with Crippen molar-refractivity contribution in [2.45, 2.75) is 38.1 Å². The van der Waals surface area contributed by atoms with E-state index < -0.39 is 11.4 Å². The molecule has 0 bridgehead atoms. The fraction of sp³-hybridized carbons (Fsp3) is 0.706. The molecule has 1 aromatic heterocycles. The molecular formula is C17H25N5O2. The molecule has 1 aromatic rings. The average molecular weight is 331 g/mol. The van der Waals surface area contributed by atoms with E-state index in [1.807, 2.05) is 6.07 Å². The van der Waals surface area contributed by atoms with E-state index in [0.29, 0.717) is 19.1 Å². The number of nitrogens with two attached hydrogens (primary N) is 1. The van der Waals surface area contributed by atoms with Crippen molar-refractivity contribution in [1.82, 2.24) is 14.9 Å². The molecule has 2 unspecified atom stereocenters. The number of carboxylic acids is 1. The van der Waals surface area contributed by atoms with Gasteiger partial charge < -0.3 is 15.7 Å². The van der Waals surface area contributed by atoms with Crippen molar-refractivity contribution in [1.29, 1.82) is 0 Å². The third kappa shape index (κ3) is 2.51. The Kier molecular flexibility index (Phi) is 3.83. The summed E-state index contributed by atoms with van der Waals surface area (Å²) >= 11 is 0. The van der Waals surface area contributed by atoms with Crippen LogP contribution < -0.4 is 10.6 Å². The van der Waals surface area contributed by atoms with E-state index in [9.17, 15) is 9.90 Å². The van der Waals surface area contributed by atoms with Crippen molar-refractivity contribution in [3.63, 3.8) is 0 Å². The lowest BCUT2D eigenvalue weighted by Crippen LogP contribution is -2.43. The first-order chi connectivity index (χ1) is 11.6. The number of hydrogen-bond donors (Lipinski definition) is 2. The lowest BCUT2D eigenvalue weighted by atomic mass is 9.81. The Morgan fingerprint density at radius 1 is 1.25 bits per heavy atom. The zero-order chi connectivity index (χ0) is 16.7. The number of carbonyl (C=O) groups is 1. The Bertz CT molecular complexity index is 633. The van der Waals surface area contributed by atoms with E-state index in [1.165, 1.54) is 32.1 Å². The van der Waals surface area contributed by atoms with Crippen molar-refractivity contribution in [2.75, 3.05) is 36.8 Å². The molecule has 3 fully saturated rings. The second-order valence-electron chi connectivity index (χ2n) is 7.53. The molecule has 2 atom stereocenters. The lowest BCUT2D eigenvalue weighted by Gasteiger charge is -2.33. The van der Waals surface area contributed by atoms with Gasteiger partial charge in [0, 0.05) is 44.3 Å². The number of rotatable bonds is 3. The molecule has 0 radical (unpaired) electrons. The first kappa shape index (κ1) is 15.6. The van der Waals surface area contributed by atoms with E-state index in [0.717, 1.165) is 18.9 Å². The highest BCUT2D eigenvalue weighted by molar-refractivity contribution is 5.78. The number of anilines is 2. The summed E-state index contributed by atoms with van der Waals surface area (Å²) in [4.78, 5) is 24.9. The maximum atomic E-state index is 12.2. The largest absolute Gasteiger partial charge is 0.481 e. The molecule has 3 N–H and O–H groups in total. The van der Waals surface area contributed by atoms with Gasteiger partial charge in [0.25, 0.3) is 0 Å². The number of carboxylic acid groups (broad SMARTS) is 1. The van der Waals surface area contributed by atoms with Crippen LogP contribution in [-0.2, 0) is 4.79 Å². The molecule has 0 aromatic carbocycles. The number of fused-ring (bicyclic) bond motifs is 1. The molecule has 1 aliphatic carbocycles. The van der Waals surface area contributed by atoms with Gasteiger partial charge in [-0.1, -0.05) is 19.3 Å². The number of aromatic nitrogens is 2. The van der Waals surface area contributed by atoms with Crippen LogP contribution in [0.2, 0.25) is 0 Å². The Morgan fingerprint density at radius 3 is 2.71 bits per heavy atom. The van der Waals surface area contributed by atoms with Gasteiger partial charge in [-0.3, -0.25) is 9.69 Å². The molecular weight excluding hydrogens is 306 g/mol. The van der Waals surface area contributed by atoms with Crippen molar-refractivity contribution in [3.8, 4) is 0 Å². The van der Waals surface area contributed by atoms with Crippen LogP contribution >= 0.6 is 0 Å². The van der Waals surface area contributed by atoms with Gasteiger partial charge in [-0.05, 0) is 18.9 Å². The Labute approximate surface area is 141 Å². The van der Waals surface area contributed by atoms with Crippen LogP contribution in [-0.4, -0.2) is 58.2 Å². The zero-order valence-corrected chi connectivity index (χ0v) is 13.9. The fourth-order valence-corrected chi connectivity index (χ4v) is 4.85. The standard InChI is InChI=1S/C17H25N5O2/c18-16-19-7-6-14(20-16)22-9-12-8-21(13-4-2-1-3-5-13)10-17(12,11-22)15(23)24/h6-7,12-13H,1-5,8-11H2,(H,23,24)(H2,18,19,20). The summed E-state index contributed by atoms with van der Waals surface area (Å²) in [5.41, 5.74) is 5.00. The number of nitrogens with zero attached hydrogens (tertiary/aromatic N) is 4. The summed E-state index contributed by atoms with van der Waals surface area (Å²) in [5.74, 6) is 0.447. The van der Waals surface area contributed by atoms with Crippen molar-refractivity contribution >= 4 is 17.7 Å². The SMILES string of the molecule is Nc1nccc(N2CC3CN(C4CCCCC4)CC3(C(=O)O)C2)n1. The van der Waals surface area contributed by atoms with Crippen molar-refractivity contribution in [3.05, 3.63) is 12.3 Å². The molecule has 7 nitrogen and oxygen atoms in total. The summed E-state index contributed by atoms with van der Waals surface area (Å²) in [6.45, 7) is 2.78. The first-order valence-electron chi connectivity index (χ1n) is 8.89.